The van der Waals surface area contributed by atoms with E-state index in [1.165, 1.54) is 24.3 Å². The Morgan fingerprint density at radius 3 is 2.74 bits per heavy atom. The van der Waals surface area contributed by atoms with Gasteiger partial charge < -0.3 is 4.57 Å². The number of hydrogen-bond acceptors (Lipinski definition) is 4. The number of nitro benzene ring substituents is 1. The molecule has 23 heavy (non-hydrogen) atoms. The maximum atomic E-state index is 12.5. The third kappa shape index (κ3) is 3.94. The van der Waals surface area contributed by atoms with Crippen LogP contribution in [-0.2, 0) is 6.54 Å². The number of nitrogens with zero attached hydrogens (tertiary/aromatic N) is 4. The first-order valence-corrected chi connectivity index (χ1v) is 6.25. The second-order valence-corrected chi connectivity index (χ2v) is 4.48. The van der Waals surface area contributed by atoms with E-state index < -0.39 is 17.6 Å². The molecule has 0 amide bonds. The van der Waals surface area contributed by atoms with E-state index in [0.717, 1.165) is 23.0 Å². The zero-order valence-electron chi connectivity index (χ0n) is 11.5. The van der Waals surface area contributed by atoms with Crippen molar-refractivity contribution in [3.8, 4) is 6.07 Å². The summed E-state index contributed by atoms with van der Waals surface area (Å²) in [7, 11) is 0. The molecule has 0 bridgehead atoms. The summed E-state index contributed by atoms with van der Waals surface area (Å²) in [6, 6.07) is 7.34. The first-order chi connectivity index (χ1) is 10.8. The Kier molecular flexibility index (Phi) is 4.45. The Labute approximate surface area is 128 Å². The summed E-state index contributed by atoms with van der Waals surface area (Å²) in [4.78, 5) is 14.1. The van der Waals surface area contributed by atoms with Gasteiger partial charge in [0.2, 0.25) is 0 Å². The number of para-hydroxylation sites is 1. The molecule has 0 radical (unpaired) electrons. The van der Waals surface area contributed by atoms with Crippen molar-refractivity contribution in [2.24, 2.45) is 0 Å². The maximum absolute atomic E-state index is 12.5. The maximum Gasteiger partial charge on any atom is 0.406 e. The Balaban J connectivity index is 2.49. The monoisotopic (exact) mass is 322 g/mol. The minimum atomic E-state index is -4.48. The van der Waals surface area contributed by atoms with Crippen molar-refractivity contribution in [3.63, 3.8) is 0 Å². The van der Waals surface area contributed by atoms with Crippen LogP contribution in [0.3, 0.4) is 0 Å². The Morgan fingerprint density at radius 2 is 2.13 bits per heavy atom. The van der Waals surface area contributed by atoms with E-state index in [1.54, 1.807) is 6.07 Å². The van der Waals surface area contributed by atoms with E-state index in [0.29, 0.717) is 0 Å². The van der Waals surface area contributed by atoms with Crippen molar-refractivity contribution < 1.29 is 18.1 Å². The van der Waals surface area contributed by atoms with Gasteiger partial charge in [0.1, 0.15) is 12.6 Å². The molecular formula is C14H9F3N4O2. The van der Waals surface area contributed by atoms with Crippen molar-refractivity contribution in [2.45, 2.75) is 12.7 Å². The van der Waals surface area contributed by atoms with Gasteiger partial charge in [0.05, 0.1) is 16.1 Å². The van der Waals surface area contributed by atoms with Gasteiger partial charge in [-0.1, -0.05) is 12.1 Å². The molecule has 9 heteroatoms. The third-order valence-corrected chi connectivity index (χ3v) is 2.86. The lowest BCUT2D eigenvalue weighted by atomic mass is 10.1. The number of halogens is 3. The summed E-state index contributed by atoms with van der Waals surface area (Å²) >= 11 is 0. The SMILES string of the molecule is N#C/C(=C\c1ccccc1[N+](=O)[O-])c1nccn1CC(F)(F)F. The van der Waals surface area contributed by atoms with Crippen molar-refractivity contribution in [2.75, 3.05) is 0 Å². The van der Waals surface area contributed by atoms with Crippen LogP contribution in [0.5, 0.6) is 0 Å². The van der Waals surface area contributed by atoms with Crippen molar-refractivity contribution >= 4 is 17.3 Å². The first kappa shape index (κ1) is 16.2. The summed E-state index contributed by atoms with van der Waals surface area (Å²) in [5.41, 5.74) is -0.349. The second kappa shape index (κ2) is 6.31. The van der Waals surface area contributed by atoms with Gasteiger partial charge in [-0.2, -0.15) is 18.4 Å². The average molecular weight is 322 g/mol. The predicted molar refractivity (Wildman–Crippen MR) is 74.9 cm³/mol. The number of imidazole rings is 1. The van der Waals surface area contributed by atoms with Gasteiger partial charge in [0.25, 0.3) is 5.69 Å². The fraction of sp³-hybridized carbons (Fsp3) is 0.143. The number of allylic oxidation sites excluding steroid dienone is 1. The number of aromatic nitrogens is 2. The molecule has 0 aliphatic heterocycles. The van der Waals surface area contributed by atoms with Crippen LogP contribution < -0.4 is 0 Å². The van der Waals surface area contributed by atoms with Gasteiger partial charge in [-0.3, -0.25) is 10.1 Å². The smallest absolute Gasteiger partial charge is 0.321 e. The van der Waals surface area contributed by atoms with Crippen LogP contribution in [0.15, 0.2) is 36.7 Å². The van der Waals surface area contributed by atoms with E-state index >= 15 is 0 Å². The molecule has 0 fully saturated rings. The average Bonchev–Trinajstić information content (AvgIpc) is 2.90. The predicted octanol–water partition coefficient (Wildman–Crippen LogP) is 3.42. The minimum Gasteiger partial charge on any atom is -0.321 e. The molecule has 1 aromatic heterocycles. The third-order valence-electron chi connectivity index (χ3n) is 2.86. The van der Waals surface area contributed by atoms with Crippen LogP contribution in [0.1, 0.15) is 11.4 Å². The summed E-state index contributed by atoms with van der Waals surface area (Å²) < 4.78 is 38.3. The van der Waals surface area contributed by atoms with Gasteiger partial charge in [0, 0.05) is 18.5 Å². The Morgan fingerprint density at radius 1 is 1.43 bits per heavy atom. The molecule has 0 aliphatic rings. The standard InChI is InChI=1S/C14H9F3N4O2/c15-14(16,17)9-20-6-5-19-13(20)11(8-18)7-10-3-1-2-4-12(10)21(22)23/h1-7H,9H2/b11-7+. The lowest BCUT2D eigenvalue weighted by Crippen LogP contribution is -2.18. The lowest BCUT2D eigenvalue weighted by molar-refractivity contribution is -0.385. The van der Waals surface area contributed by atoms with Gasteiger partial charge in [-0.15, -0.1) is 0 Å². The molecule has 0 aliphatic carbocycles. The van der Waals surface area contributed by atoms with Crippen molar-refractivity contribution in [3.05, 3.63) is 58.2 Å². The molecule has 6 nitrogen and oxygen atoms in total. The van der Waals surface area contributed by atoms with Crippen LogP contribution in [0.2, 0.25) is 0 Å². The van der Waals surface area contributed by atoms with Crippen LogP contribution in [0.4, 0.5) is 18.9 Å². The summed E-state index contributed by atoms with van der Waals surface area (Å²) in [5.74, 6) is -0.206. The molecule has 2 rings (SSSR count). The number of benzene rings is 1. The summed E-state index contributed by atoms with van der Waals surface area (Å²) in [6.07, 6.45) is -1.11. The van der Waals surface area contributed by atoms with Gasteiger partial charge in [0.15, 0.2) is 5.82 Å². The van der Waals surface area contributed by atoms with E-state index in [4.69, 9.17) is 0 Å². The summed E-state index contributed by atoms with van der Waals surface area (Å²) in [6.45, 7) is -1.31. The van der Waals surface area contributed by atoms with E-state index in [1.807, 2.05) is 0 Å². The number of alkyl halides is 3. The zero-order valence-corrected chi connectivity index (χ0v) is 11.5. The molecule has 1 heterocycles. The van der Waals surface area contributed by atoms with Crippen LogP contribution >= 0.6 is 0 Å². The number of hydrogen-bond donors (Lipinski definition) is 0. The highest BCUT2D eigenvalue weighted by atomic mass is 19.4. The van der Waals surface area contributed by atoms with Crippen molar-refractivity contribution in [1.29, 1.82) is 5.26 Å². The first-order valence-electron chi connectivity index (χ1n) is 6.25. The molecular weight excluding hydrogens is 313 g/mol. The highest BCUT2D eigenvalue weighted by Gasteiger charge is 2.29. The van der Waals surface area contributed by atoms with Gasteiger partial charge >= 0.3 is 6.18 Å². The minimum absolute atomic E-state index is 0.107. The zero-order chi connectivity index (χ0) is 17.0. The quantitative estimate of drug-likeness (QED) is 0.490. The highest BCUT2D eigenvalue weighted by molar-refractivity contribution is 5.89. The number of rotatable bonds is 4. The molecule has 0 N–H and O–H groups in total. The van der Waals surface area contributed by atoms with Crippen LogP contribution in [-0.4, -0.2) is 20.7 Å². The topological polar surface area (TPSA) is 84.8 Å². The molecule has 118 valence electrons. The van der Waals surface area contributed by atoms with Gasteiger partial charge in [-0.25, -0.2) is 4.98 Å². The number of nitro groups is 1. The summed E-state index contributed by atoms with van der Waals surface area (Å²) in [5, 5.41) is 20.1. The Hall–Kier alpha value is -3.15. The number of nitriles is 1. The van der Waals surface area contributed by atoms with E-state index in [9.17, 15) is 28.5 Å². The fourth-order valence-electron chi connectivity index (χ4n) is 1.95. The van der Waals surface area contributed by atoms with E-state index in [2.05, 4.69) is 4.98 Å². The molecule has 0 saturated carbocycles. The molecule has 0 atom stereocenters. The molecule has 0 unspecified atom stereocenters. The van der Waals surface area contributed by atoms with E-state index in [-0.39, 0.29) is 22.6 Å². The van der Waals surface area contributed by atoms with Crippen LogP contribution in [0.25, 0.3) is 11.6 Å². The highest BCUT2D eigenvalue weighted by Crippen LogP contribution is 2.25. The largest absolute Gasteiger partial charge is 0.406 e. The Bertz CT molecular complexity index is 803. The fourth-order valence-corrected chi connectivity index (χ4v) is 1.95. The van der Waals surface area contributed by atoms with Crippen LogP contribution in [0, 0.1) is 21.4 Å². The normalized spacial score (nSPS) is 12.0. The van der Waals surface area contributed by atoms with Gasteiger partial charge in [-0.05, 0) is 12.1 Å². The molecule has 1 aromatic carbocycles. The lowest BCUT2D eigenvalue weighted by Gasteiger charge is -2.10. The second-order valence-electron chi connectivity index (χ2n) is 4.48. The molecule has 0 saturated heterocycles. The van der Waals surface area contributed by atoms with Crippen molar-refractivity contribution in [1.82, 2.24) is 9.55 Å². The molecule has 2 aromatic rings. The molecule has 0 spiro atoms.